The molecule has 2 aromatic carbocycles. The molecule has 0 saturated carbocycles. The number of carbonyl (C=O) groups excluding carboxylic acids is 2. The molecular formula is C18H17Cl2NO5. The van der Waals surface area contributed by atoms with Crippen molar-refractivity contribution in [3.63, 3.8) is 0 Å². The van der Waals surface area contributed by atoms with E-state index in [1.54, 1.807) is 18.2 Å². The number of ether oxygens (including phenoxy) is 3. The van der Waals surface area contributed by atoms with Crippen LogP contribution in [0.25, 0.3) is 0 Å². The van der Waals surface area contributed by atoms with Gasteiger partial charge in [0.25, 0.3) is 5.91 Å². The molecule has 138 valence electrons. The number of esters is 1. The lowest BCUT2D eigenvalue weighted by molar-refractivity contribution is -0.118. The maximum Gasteiger partial charge on any atom is 0.341 e. The van der Waals surface area contributed by atoms with E-state index >= 15 is 0 Å². The Hall–Kier alpha value is -2.44. The Balaban J connectivity index is 2.09. The van der Waals surface area contributed by atoms with Gasteiger partial charge in [-0.05, 0) is 36.8 Å². The van der Waals surface area contributed by atoms with Crippen LogP contribution in [0.15, 0.2) is 30.3 Å². The summed E-state index contributed by atoms with van der Waals surface area (Å²) in [4.78, 5) is 23.9. The van der Waals surface area contributed by atoms with E-state index in [-0.39, 0.29) is 28.6 Å². The molecule has 2 rings (SSSR count). The molecule has 1 N–H and O–H groups in total. The lowest BCUT2D eigenvalue weighted by atomic mass is 10.1. The van der Waals surface area contributed by atoms with Crippen LogP contribution in [0.1, 0.15) is 15.9 Å². The van der Waals surface area contributed by atoms with Crippen LogP contribution in [-0.4, -0.2) is 32.7 Å². The van der Waals surface area contributed by atoms with E-state index in [9.17, 15) is 9.59 Å². The fraction of sp³-hybridized carbons (Fsp3) is 0.222. The Labute approximate surface area is 160 Å². The summed E-state index contributed by atoms with van der Waals surface area (Å²) >= 11 is 12.0. The third-order valence-corrected chi connectivity index (χ3v) is 4.01. The number of hydrogen-bond donors (Lipinski definition) is 1. The molecule has 0 aliphatic carbocycles. The Bertz CT molecular complexity index is 839. The van der Waals surface area contributed by atoms with Gasteiger partial charge in [-0.25, -0.2) is 4.79 Å². The molecular weight excluding hydrogens is 381 g/mol. The minimum Gasteiger partial charge on any atom is -0.496 e. The summed E-state index contributed by atoms with van der Waals surface area (Å²) in [6.45, 7) is 1.60. The molecule has 26 heavy (non-hydrogen) atoms. The predicted octanol–water partition coefficient (Wildman–Crippen LogP) is 4.11. The first-order chi connectivity index (χ1) is 12.3. The Morgan fingerprint density at radius 1 is 1.08 bits per heavy atom. The van der Waals surface area contributed by atoms with Crippen molar-refractivity contribution in [2.24, 2.45) is 0 Å². The van der Waals surface area contributed by atoms with Gasteiger partial charge in [0.1, 0.15) is 17.1 Å². The van der Waals surface area contributed by atoms with Crippen molar-refractivity contribution in [2.45, 2.75) is 6.92 Å². The van der Waals surface area contributed by atoms with E-state index in [0.717, 1.165) is 5.56 Å². The minimum atomic E-state index is -0.594. The Morgan fingerprint density at radius 2 is 1.81 bits per heavy atom. The number of rotatable bonds is 6. The van der Waals surface area contributed by atoms with Gasteiger partial charge in [0.2, 0.25) is 0 Å². The smallest absolute Gasteiger partial charge is 0.341 e. The second-order valence-electron chi connectivity index (χ2n) is 5.27. The van der Waals surface area contributed by atoms with Crippen LogP contribution >= 0.6 is 23.2 Å². The molecule has 8 heteroatoms. The molecule has 6 nitrogen and oxygen atoms in total. The van der Waals surface area contributed by atoms with Crippen molar-refractivity contribution in [1.29, 1.82) is 0 Å². The predicted molar refractivity (Wildman–Crippen MR) is 99.7 cm³/mol. The molecule has 0 aliphatic rings. The maximum atomic E-state index is 12.1. The van der Waals surface area contributed by atoms with Crippen molar-refractivity contribution in [3.8, 4) is 11.5 Å². The number of anilines is 1. The second kappa shape index (κ2) is 8.78. The first-order valence-electron chi connectivity index (χ1n) is 7.50. The molecule has 0 atom stereocenters. The summed E-state index contributed by atoms with van der Waals surface area (Å²) in [6.07, 6.45) is 0. The minimum absolute atomic E-state index is 0.158. The zero-order valence-electron chi connectivity index (χ0n) is 14.4. The fourth-order valence-corrected chi connectivity index (χ4v) is 2.63. The van der Waals surface area contributed by atoms with Crippen LogP contribution < -0.4 is 14.8 Å². The van der Waals surface area contributed by atoms with E-state index in [0.29, 0.717) is 10.8 Å². The van der Waals surface area contributed by atoms with Crippen molar-refractivity contribution >= 4 is 40.8 Å². The monoisotopic (exact) mass is 397 g/mol. The SMILES string of the molecule is COC(=O)c1cc(Cl)c(NC(=O)COc2ccc(Cl)cc2C)cc1OC. The molecule has 0 heterocycles. The van der Waals surface area contributed by atoms with Crippen LogP contribution in [0.2, 0.25) is 10.0 Å². The van der Waals surface area contributed by atoms with E-state index in [1.807, 2.05) is 6.92 Å². The zero-order valence-corrected chi connectivity index (χ0v) is 15.9. The summed E-state index contributed by atoms with van der Waals surface area (Å²) in [5.41, 5.74) is 1.26. The van der Waals surface area contributed by atoms with E-state index in [1.165, 1.54) is 26.4 Å². The molecule has 0 unspecified atom stereocenters. The second-order valence-corrected chi connectivity index (χ2v) is 6.11. The number of carbonyl (C=O) groups is 2. The molecule has 2 aromatic rings. The van der Waals surface area contributed by atoms with Gasteiger partial charge in [0, 0.05) is 11.1 Å². The van der Waals surface area contributed by atoms with Crippen molar-refractivity contribution in [1.82, 2.24) is 0 Å². The van der Waals surface area contributed by atoms with Crippen LogP contribution in [-0.2, 0) is 9.53 Å². The summed E-state index contributed by atoms with van der Waals surface area (Å²) < 4.78 is 15.3. The highest BCUT2D eigenvalue weighted by Gasteiger charge is 2.17. The lowest BCUT2D eigenvalue weighted by Crippen LogP contribution is -2.21. The van der Waals surface area contributed by atoms with Gasteiger partial charge in [-0.2, -0.15) is 0 Å². The summed E-state index contributed by atoms with van der Waals surface area (Å²) in [5.74, 6) is -0.238. The summed E-state index contributed by atoms with van der Waals surface area (Å²) in [5, 5.41) is 3.37. The van der Waals surface area contributed by atoms with Gasteiger partial charge >= 0.3 is 5.97 Å². The van der Waals surface area contributed by atoms with Crippen LogP contribution in [0.5, 0.6) is 11.5 Å². The highest BCUT2D eigenvalue weighted by Crippen LogP contribution is 2.31. The van der Waals surface area contributed by atoms with E-state index < -0.39 is 11.9 Å². The largest absolute Gasteiger partial charge is 0.496 e. The number of hydrogen-bond acceptors (Lipinski definition) is 5. The highest BCUT2D eigenvalue weighted by molar-refractivity contribution is 6.34. The quantitative estimate of drug-likeness (QED) is 0.742. The standard InChI is InChI=1S/C18H17Cl2NO5/c1-10-6-11(19)4-5-15(10)26-9-17(22)21-14-8-16(24-2)12(7-13(14)20)18(23)25-3/h4-8H,9H2,1-3H3,(H,21,22). The van der Waals surface area contributed by atoms with Crippen molar-refractivity contribution in [2.75, 3.05) is 26.1 Å². The van der Waals surface area contributed by atoms with Crippen molar-refractivity contribution in [3.05, 3.63) is 51.5 Å². The number of benzene rings is 2. The van der Waals surface area contributed by atoms with Crippen LogP contribution in [0.3, 0.4) is 0 Å². The number of methoxy groups -OCH3 is 2. The average Bonchev–Trinajstić information content (AvgIpc) is 2.61. The molecule has 0 spiro atoms. The average molecular weight is 398 g/mol. The highest BCUT2D eigenvalue weighted by atomic mass is 35.5. The van der Waals surface area contributed by atoms with Gasteiger partial charge in [0.05, 0.1) is 24.9 Å². The van der Waals surface area contributed by atoms with Gasteiger partial charge in [0.15, 0.2) is 6.61 Å². The molecule has 0 aromatic heterocycles. The third kappa shape index (κ3) is 4.80. The van der Waals surface area contributed by atoms with Crippen LogP contribution in [0.4, 0.5) is 5.69 Å². The first-order valence-corrected chi connectivity index (χ1v) is 8.26. The van der Waals surface area contributed by atoms with Gasteiger partial charge in [-0.15, -0.1) is 0 Å². The number of nitrogens with one attached hydrogen (secondary N) is 1. The molecule has 0 saturated heterocycles. The van der Waals surface area contributed by atoms with Crippen LogP contribution in [0, 0.1) is 6.92 Å². The normalized spacial score (nSPS) is 10.2. The molecule has 0 bridgehead atoms. The molecule has 1 amide bonds. The topological polar surface area (TPSA) is 73.9 Å². The molecule has 0 aliphatic heterocycles. The third-order valence-electron chi connectivity index (χ3n) is 3.46. The van der Waals surface area contributed by atoms with Gasteiger partial charge < -0.3 is 19.5 Å². The van der Waals surface area contributed by atoms with Gasteiger partial charge in [-0.1, -0.05) is 23.2 Å². The Kier molecular flexibility index (Phi) is 6.71. The number of aryl methyl sites for hydroxylation is 1. The lowest BCUT2D eigenvalue weighted by Gasteiger charge is -2.13. The van der Waals surface area contributed by atoms with E-state index in [4.69, 9.17) is 32.7 Å². The maximum absolute atomic E-state index is 12.1. The Morgan fingerprint density at radius 3 is 2.42 bits per heavy atom. The van der Waals surface area contributed by atoms with Crippen molar-refractivity contribution < 1.29 is 23.8 Å². The summed E-state index contributed by atoms with van der Waals surface area (Å²) in [7, 11) is 2.65. The number of halogens is 2. The summed E-state index contributed by atoms with van der Waals surface area (Å²) in [6, 6.07) is 7.91. The molecule has 0 fully saturated rings. The first kappa shape index (κ1) is 19.9. The number of amides is 1. The zero-order chi connectivity index (χ0) is 19.3. The molecule has 0 radical (unpaired) electrons. The van der Waals surface area contributed by atoms with E-state index in [2.05, 4.69) is 10.1 Å². The fourth-order valence-electron chi connectivity index (χ4n) is 2.19. The van der Waals surface area contributed by atoms with Gasteiger partial charge in [-0.3, -0.25) is 4.79 Å².